The van der Waals surface area contributed by atoms with Gasteiger partial charge in [0.1, 0.15) is 11.3 Å². The molecule has 1 amide bonds. The van der Waals surface area contributed by atoms with Crippen molar-refractivity contribution < 1.29 is 9.18 Å². The summed E-state index contributed by atoms with van der Waals surface area (Å²) in [5.41, 5.74) is 2.28. The minimum absolute atomic E-state index is 0.0158. The summed E-state index contributed by atoms with van der Waals surface area (Å²) in [6, 6.07) is 6.17. The molecule has 0 aliphatic carbocycles. The van der Waals surface area contributed by atoms with Crippen molar-refractivity contribution >= 4 is 34.7 Å². The first-order valence-corrected chi connectivity index (χ1v) is 8.00. The van der Waals surface area contributed by atoms with Gasteiger partial charge in [-0.1, -0.05) is 29.2 Å². The second kappa shape index (κ2) is 5.88. The van der Waals surface area contributed by atoms with Crippen molar-refractivity contribution in [3.8, 4) is 0 Å². The minimum atomic E-state index is -0.325. The number of halogens is 1. The van der Waals surface area contributed by atoms with E-state index < -0.39 is 0 Å². The number of carbonyl (C=O) groups excluding carboxylic acids is 1. The van der Waals surface area contributed by atoms with Crippen molar-refractivity contribution in [1.82, 2.24) is 10.2 Å². The Kier molecular flexibility index (Phi) is 3.98. The first kappa shape index (κ1) is 13.5. The van der Waals surface area contributed by atoms with E-state index in [9.17, 15) is 9.18 Å². The molecule has 1 saturated heterocycles. The van der Waals surface area contributed by atoms with Crippen LogP contribution in [0, 0.1) is 5.82 Å². The van der Waals surface area contributed by atoms with Gasteiger partial charge in [0.2, 0.25) is 5.91 Å². The fourth-order valence-electron chi connectivity index (χ4n) is 2.19. The highest BCUT2D eigenvalue weighted by Gasteiger charge is 2.31. The number of amides is 1. The van der Waals surface area contributed by atoms with Crippen molar-refractivity contribution in [2.45, 2.75) is 22.4 Å². The molecule has 1 atom stereocenters. The largest absolute Gasteiger partial charge is 0.311 e. The van der Waals surface area contributed by atoms with Crippen LogP contribution in [0.4, 0.5) is 10.1 Å². The fourth-order valence-corrected chi connectivity index (χ4v) is 4.02. The summed E-state index contributed by atoms with van der Waals surface area (Å²) in [4.78, 5) is 14.2. The van der Waals surface area contributed by atoms with Crippen LogP contribution in [-0.4, -0.2) is 27.9 Å². The number of anilines is 1. The lowest BCUT2D eigenvalue weighted by atomic mass is 10.1. The molecule has 20 heavy (non-hydrogen) atoms. The number of hydrogen-bond acceptors (Lipinski definition) is 5. The lowest BCUT2D eigenvalue weighted by molar-refractivity contribution is -0.119. The van der Waals surface area contributed by atoms with E-state index in [1.54, 1.807) is 22.5 Å². The zero-order valence-corrected chi connectivity index (χ0v) is 12.2. The summed E-state index contributed by atoms with van der Waals surface area (Å²) in [7, 11) is 0. The lowest BCUT2D eigenvalue weighted by Crippen LogP contribution is -2.43. The Hall–Kier alpha value is -1.47. The van der Waals surface area contributed by atoms with Crippen LogP contribution in [0.15, 0.2) is 34.1 Å². The second-order valence-corrected chi connectivity index (χ2v) is 6.71. The number of benzene rings is 1. The first-order chi connectivity index (χ1) is 9.74. The van der Waals surface area contributed by atoms with E-state index >= 15 is 0 Å². The van der Waals surface area contributed by atoms with Gasteiger partial charge < -0.3 is 4.90 Å². The Bertz CT molecular complexity index is 605. The molecule has 0 spiro atoms. The van der Waals surface area contributed by atoms with Crippen molar-refractivity contribution in [2.75, 3.05) is 11.4 Å². The molecule has 0 bridgehead atoms. The van der Waals surface area contributed by atoms with Crippen LogP contribution in [0.5, 0.6) is 0 Å². The summed E-state index contributed by atoms with van der Waals surface area (Å²) >= 11 is 2.87. The smallest absolute Gasteiger partial charge is 0.240 e. The van der Waals surface area contributed by atoms with Crippen LogP contribution < -0.4 is 4.90 Å². The molecular formula is C13H12FN3OS2. The maximum Gasteiger partial charge on any atom is 0.240 e. The highest BCUT2D eigenvalue weighted by atomic mass is 32.2. The third-order valence-electron chi connectivity index (χ3n) is 3.09. The molecule has 1 fully saturated rings. The molecule has 2 aromatic rings. The molecule has 4 nitrogen and oxygen atoms in total. The van der Waals surface area contributed by atoms with Gasteiger partial charge in [-0.2, -0.15) is 0 Å². The van der Waals surface area contributed by atoms with Gasteiger partial charge >= 0.3 is 0 Å². The Balaban J connectivity index is 1.78. The quantitative estimate of drug-likeness (QED) is 0.874. The molecule has 3 rings (SSSR count). The Morgan fingerprint density at radius 2 is 2.35 bits per heavy atom. The molecule has 0 N–H and O–H groups in total. The van der Waals surface area contributed by atoms with E-state index in [0.29, 0.717) is 12.2 Å². The number of thioether (sulfide) groups is 1. The van der Waals surface area contributed by atoms with Gasteiger partial charge in [0.25, 0.3) is 0 Å². The van der Waals surface area contributed by atoms with Crippen LogP contribution >= 0.6 is 23.1 Å². The Labute approximate surface area is 124 Å². The molecule has 2 heterocycles. The van der Waals surface area contributed by atoms with E-state index in [2.05, 4.69) is 10.2 Å². The number of aromatic nitrogens is 2. The predicted octanol–water partition coefficient (Wildman–Crippen LogP) is 2.96. The molecule has 0 unspecified atom stereocenters. The van der Waals surface area contributed by atoms with E-state index in [-0.39, 0.29) is 17.0 Å². The predicted molar refractivity (Wildman–Crippen MR) is 77.5 cm³/mol. The molecule has 1 aliphatic heterocycles. The molecule has 104 valence electrons. The maximum atomic E-state index is 13.3. The average molecular weight is 309 g/mol. The Morgan fingerprint density at radius 3 is 3.10 bits per heavy atom. The van der Waals surface area contributed by atoms with Gasteiger partial charge in [-0.3, -0.25) is 4.79 Å². The van der Waals surface area contributed by atoms with Crippen molar-refractivity contribution in [3.05, 3.63) is 35.6 Å². The number of carbonyl (C=O) groups is 1. The van der Waals surface area contributed by atoms with Crippen molar-refractivity contribution in [3.63, 3.8) is 0 Å². The zero-order chi connectivity index (χ0) is 13.9. The van der Waals surface area contributed by atoms with Crippen LogP contribution in [0.25, 0.3) is 0 Å². The van der Waals surface area contributed by atoms with Crippen molar-refractivity contribution in [2.24, 2.45) is 0 Å². The van der Waals surface area contributed by atoms with Crippen LogP contribution in [0.2, 0.25) is 0 Å². The van der Waals surface area contributed by atoms with Gasteiger partial charge in [0, 0.05) is 12.2 Å². The zero-order valence-electron chi connectivity index (χ0n) is 10.5. The number of piperidine rings is 1. The van der Waals surface area contributed by atoms with E-state index in [4.69, 9.17) is 0 Å². The van der Waals surface area contributed by atoms with E-state index in [1.165, 1.54) is 35.2 Å². The van der Waals surface area contributed by atoms with Gasteiger partial charge in [0.15, 0.2) is 4.34 Å². The fraction of sp³-hybridized carbons (Fsp3) is 0.308. The van der Waals surface area contributed by atoms with Gasteiger partial charge in [-0.05, 0) is 31.0 Å². The summed E-state index contributed by atoms with van der Waals surface area (Å²) in [5, 5.41) is 7.57. The summed E-state index contributed by atoms with van der Waals surface area (Å²) < 4.78 is 14.1. The molecule has 0 saturated carbocycles. The van der Waals surface area contributed by atoms with Gasteiger partial charge in [-0.15, -0.1) is 10.2 Å². The van der Waals surface area contributed by atoms with E-state index in [0.717, 1.165) is 17.2 Å². The summed E-state index contributed by atoms with van der Waals surface area (Å²) in [6.07, 6.45) is 1.72. The van der Waals surface area contributed by atoms with E-state index in [1.807, 2.05) is 0 Å². The normalized spacial score (nSPS) is 19.4. The monoisotopic (exact) mass is 309 g/mol. The third kappa shape index (κ3) is 2.83. The molecule has 1 aromatic carbocycles. The topological polar surface area (TPSA) is 46.1 Å². The average Bonchev–Trinajstić information content (AvgIpc) is 2.94. The van der Waals surface area contributed by atoms with Crippen LogP contribution in [-0.2, 0) is 4.79 Å². The highest BCUT2D eigenvalue weighted by Crippen LogP contribution is 2.33. The standard InChI is InChI=1S/C13H12FN3OS2/c14-9-3-1-4-10(7-9)17-6-2-5-11(12(17)18)20-13-16-15-8-19-13/h1,3-4,7-8,11H,2,5-6H2/t11-/m0/s1. The number of hydrogen-bond donors (Lipinski definition) is 0. The number of nitrogens with zero attached hydrogens (tertiary/aromatic N) is 3. The second-order valence-electron chi connectivity index (χ2n) is 4.42. The third-order valence-corrected chi connectivity index (χ3v) is 5.16. The SMILES string of the molecule is O=C1[C@@H](Sc2nncs2)CCCN1c1cccc(F)c1. The van der Waals surface area contributed by atoms with Gasteiger partial charge in [0.05, 0.1) is 5.25 Å². The summed E-state index contributed by atoms with van der Waals surface area (Å²) in [5.74, 6) is -0.309. The highest BCUT2D eigenvalue weighted by molar-refractivity contribution is 8.02. The van der Waals surface area contributed by atoms with Crippen LogP contribution in [0.1, 0.15) is 12.8 Å². The first-order valence-electron chi connectivity index (χ1n) is 6.24. The minimum Gasteiger partial charge on any atom is -0.311 e. The molecule has 0 radical (unpaired) electrons. The van der Waals surface area contributed by atoms with Gasteiger partial charge in [-0.25, -0.2) is 4.39 Å². The molecular weight excluding hydrogens is 297 g/mol. The lowest BCUT2D eigenvalue weighted by Gasteiger charge is -2.31. The van der Waals surface area contributed by atoms with Crippen molar-refractivity contribution in [1.29, 1.82) is 0 Å². The maximum absolute atomic E-state index is 13.3. The summed E-state index contributed by atoms with van der Waals surface area (Å²) in [6.45, 7) is 0.634. The Morgan fingerprint density at radius 1 is 1.45 bits per heavy atom. The number of rotatable bonds is 3. The molecule has 1 aromatic heterocycles. The molecule has 1 aliphatic rings. The van der Waals surface area contributed by atoms with Crippen LogP contribution in [0.3, 0.4) is 0 Å². The molecule has 7 heteroatoms.